The van der Waals surface area contributed by atoms with Crippen LogP contribution in [0, 0.1) is 6.92 Å². The molecule has 0 saturated carbocycles. The Morgan fingerprint density at radius 3 is 2.62 bits per heavy atom. The number of rotatable bonds is 8. The molecule has 0 amide bonds. The molecule has 0 fully saturated rings. The summed E-state index contributed by atoms with van der Waals surface area (Å²) in [5, 5.41) is 13.5. The number of alkyl halides is 3. The molecule has 0 radical (unpaired) electrons. The van der Waals surface area contributed by atoms with Crippen LogP contribution < -0.4 is 4.74 Å². The van der Waals surface area contributed by atoms with Crippen molar-refractivity contribution in [1.29, 1.82) is 0 Å². The quantitative estimate of drug-likeness (QED) is 0.345. The molecule has 0 aliphatic carbocycles. The van der Waals surface area contributed by atoms with Gasteiger partial charge >= 0.3 is 12.1 Å². The minimum absolute atomic E-state index is 0.0447. The number of aromatic carboxylic acids is 1. The minimum Gasteiger partial charge on any atom is -0.493 e. The number of benzene rings is 2. The molecule has 1 N–H and O–H groups in total. The third kappa shape index (κ3) is 5.63. The highest BCUT2D eigenvalue weighted by molar-refractivity contribution is 7.15. The highest BCUT2D eigenvalue weighted by atomic mass is 32.1. The van der Waals surface area contributed by atoms with E-state index in [-0.39, 0.29) is 24.5 Å². The lowest BCUT2D eigenvalue weighted by atomic mass is 10.1. The topological polar surface area (TPSA) is 77.2 Å². The van der Waals surface area contributed by atoms with Crippen LogP contribution in [0.5, 0.6) is 5.75 Å². The second-order valence-corrected chi connectivity index (χ2v) is 8.78. The molecule has 0 unspecified atom stereocenters. The lowest BCUT2D eigenvalue weighted by molar-refractivity contribution is -0.137. The monoisotopic (exact) mass is 487 g/mol. The summed E-state index contributed by atoms with van der Waals surface area (Å²) in [6.07, 6.45) is -1.36. The van der Waals surface area contributed by atoms with Gasteiger partial charge in [0.25, 0.3) is 0 Å². The second kappa shape index (κ2) is 9.68. The number of hydrogen-bond donors (Lipinski definition) is 1. The zero-order valence-corrected chi connectivity index (χ0v) is 18.9. The number of aromatic nitrogens is 3. The van der Waals surface area contributed by atoms with E-state index in [1.165, 1.54) is 28.4 Å². The van der Waals surface area contributed by atoms with Crippen LogP contribution in [-0.2, 0) is 19.1 Å². The molecule has 0 spiro atoms. The van der Waals surface area contributed by atoms with Crippen molar-refractivity contribution < 1.29 is 27.8 Å². The molecule has 34 heavy (non-hydrogen) atoms. The summed E-state index contributed by atoms with van der Waals surface area (Å²) >= 11 is 1.26. The van der Waals surface area contributed by atoms with Gasteiger partial charge in [-0.15, -0.1) is 11.3 Å². The van der Waals surface area contributed by atoms with E-state index in [1.54, 1.807) is 6.07 Å². The molecular weight excluding hydrogens is 467 g/mol. The number of carboxylic acids is 1. The van der Waals surface area contributed by atoms with Gasteiger partial charge in [0.05, 0.1) is 36.2 Å². The van der Waals surface area contributed by atoms with E-state index in [1.807, 2.05) is 37.3 Å². The Morgan fingerprint density at radius 1 is 1.18 bits per heavy atom. The summed E-state index contributed by atoms with van der Waals surface area (Å²) in [5.41, 5.74) is 1.16. The van der Waals surface area contributed by atoms with Crippen LogP contribution in [0.25, 0.3) is 10.6 Å². The molecule has 10 heteroatoms. The van der Waals surface area contributed by atoms with Crippen LogP contribution in [0.3, 0.4) is 0 Å². The minimum atomic E-state index is -4.54. The van der Waals surface area contributed by atoms with Gasteiger partial charge in [-0.05, 0) is 30.7 Å². The van der Waals surface area contributed by atoms with E-state index >= 15 is 0 Å². The van der Waals surface area contributed by atoms with Crippen molar-refractivity contribution in [2.24, 2.45) is 0 Å². The maximum absolute atomic E-state index is 13.6. The van der Waals surface area contributed by atoms with Gasteiger partial charge in [0.2, 0.25) is 0 Å². The molecule has 176 valence electrons. The molecule has 2 heterocycles. The van der Waals surface area contributed by atoms with E-state index in [9.17, 15) is 18.0 Å². The maximum atomic E-state index is 13.6. The predicted octanol–water partition coefficient (Wildman–Crippen LogP) is 5.70. The summed E-state index contributed by atoms with van der Waals surface area (Å²) in [6.45, 7) is 2.25. The Bertz CT molecular complexity index is 1300. The van der Waals surface area contributed by atoms with Crippen molar-refractivity contribution in [3.63, 3.8) is 0 Å². The Hall–Kier alpha value is -3.66. The van der Waals surface area contributed by atoms with Crippen LogP contribution in [0.1, 0.15) is 32.1 Å². The van der Waals surface area contributed by atoms with Gasteiger partial charge in [-0.1, -0.05) is 30.3 Å². The average Bonchev–Trinajstić information content (AvgIpc) is 3.41. The first-order valence-corrected chi connectivity index (χ1v) is 11.1. The maximum Gasteiger partial charge on any atom is 0.416 e. The Labute approximate surface area is 197 Å². The van der Waals surface area contributed by atoms with Gasteiger partial charge in [0.15, 0.2) is 0 Å². The van der Waals surface area contributed by atoms with Crippen molar-refractivity contribution in [2.45, 2.75) is 26.1 Å². The third-order valence-electron chi connectivity index (χ3n) is 5.07. The van der Waals surface area contributed by atoms with Crippen LogP contribution in [0.15, 0.2) is 60.9 Å². The van der Waals surface area contributed by atoms with Crippen LogP contribution in [-0.4, -0.2) is 32.4 Å². The summed E-state index contributed by atoms with van der Waals surface area (Å²) in [5.74, 6) is -0.973. The molecule has 0 bridgehead atoms. The highest BCUT2D eigenvalue weighted by Gasteiger charge is 2.32. The van der Waals surface area contributed by atoms with Gasteiger partial charge in [-0.25, -0.2) is 9.78 Å². The van der Waals surface area contributed by atoms with Crippen molar-refractivity contribution >= 4 is 17.3 Å². The molecule has 0 aliphatic rings. The average molecular weight is 488 g/mol. The van der Waals surface area contributed by atoms with E-state index < -0.39 is 17.7 Å². The Balaban J connectivity index is 1.57. The lowest BCUT2D eigenvalue weighted by Gasteiger charge is -2.12. The molecule has 4 aromatic rings. The number of hydrogen-bond acceptors (Lipinski definition) is 5. The van der Waals surface area contributed by atoms with Crippen molar-refractivity contribution in [2.75, 3.05) is 6.61 Å². The number of halogens is 3. The number of carbonyl (C=O) groups is 1. The number of carboxylic acid groups (broad SMARTS) is 1. The SMILES string of the molecule is Cc1sc(-c2cc(OCCc3ccccc3)cc(C(F)(F)F)c2)nc1Cn1cc(C(=O)O)cn1. The first-order valence-electron chi connectivity index (χ1n) is 10.3. The van der Waals surface area contributed by atoms with E-state index in [4.69, 9.17) is 9.84 Å². The molecule has 4 rings (SSSR count). The van der Waals surface area contributed by atoms with Gasteiger partial charge < -0.3 is 9.84 Å². The highest BCUT2D eigenvalue weighted by Crippen LogP contribution is 2.37. The zero-order valence-electron chi connectivity index (χ0n) is 18.0. The zero-order chi connectivity index (χ0) is 24.3. The Morgan fingerprint density at radius 2 is 1.94 bits per heavy atom. The van der Waals surface area contributed by atoms with Crippen molar-refractivity contribution in [1.82, 2.24) is 14.8 Å². The lowest BCUT2D eigenvalue weighted by Crippen LogP contribution is -2.07. The first kappa shape index (κ1) is 23.5. The smallest absolute Gasteiger partial charge is 0.416 e. The standard InChI is InChI=1S/C24H20F3N3O3S/c1-15-21(14-30-13-18(12-28-30)23(31)32)29-22(34-15)17-9-19(24(25,26)27)11-20(10-17)33-8-7-16-5-3-2-4-6-16/h2-6,9-13H,7-8,14H2,1H3,(H,31,32). The first-order chi connectivity index (χ1) is 16.2. The molecule has 0 saturated heterocycles. The van der Waals surface area contributed by atoms with E-state index in [2.05, 4.69) is 10.1 Å². The van der Waals surface area contributed by atoms with Crippen LogP contribution >= 0.6 is 11.3 Å². The largest absolute Gasteiger partial charge is 0.493 e. The van der Waals surface area contributed by atoms with Gasteiger partial charge in [-0.3, -0.25) is 4.68 Å². The van der Waals surface area contributed by atoms with E-state index in [0.717, 1.165) is 22.6 Å². The van der Waals surface area contributed by atoms with E-state index in [0.29, 0.717) is 22.7 Å². The number of nitrogens with zero attached hydrogens (tertiary/aromatic N) is 3. The second-order valence-electron chi connectivity index (χ2n) is 7.58. The normalized spacial score (nSPS) is 11.5. The molecule has 0 aliphatic heterocycles. The number of ether oxygens (including phenoxy) is 1. The molecule has 0 atom stereocenters. The molecule has 2 aromatic carbocycles. The van der Waals surface area contributed by atoms with Gasteiger partial charge in [-0.2, -0.15) is 18.3 Å². The van der Waals surface area contributed by atoms with Crippen molar-refractivity contribution in [3.05, 3.63) is 88.2 Å². The summed E-state index contributed by atoms with van der Waals surface area (Å²) in [7, 11) is 0. The van der Waals surface area contributed by atoms with Gasteiger partial charge in [0.1, 0.15) is 10.8 Å². The molecular formula is C24H20F3N3O3S. The molecule has 2 aromatic heterocycles. The summed E-state index contributed by atoms with van der Waals surface area (Å²) < 4.78 is 47.8. The Kier molecular flexibility index (Phi) is 6.69. The third-order valence-corrected chi connectivity index (χ3v) is 6.13. The van der Waals surface area contributed by atoms with Crippen LogP contribution in [0.4, 0.5) is 13.2 Å². The number of aryl methyl sites for hydroxylation is 1. The summed E-state index contributed by atoms with van der Waals surface area (Å²) in [6, 6.07) is 13.1. The summed E-state index contributed by atoms with van der Waals surface area (Å²) in [4.78, 5) is 16.4. The fourth-order valence-corrected chi connectivity index (χ4v) is 4.22. The fourth-order valence-electron chi connectivity index (χ4n) is 3.31. The number of thiazole rings is 1. The fraction of sp³-hybridized carbons (Fsp3) is 0.208. The van der Waals surface area contributed by atoms with Gasteiger partial charge in [0, 0.05) is 23.1 Å². The molecule has 6 nitrogen and oxygen atoms in total. The van der Waals surface area contributed by atoms with Crippen LogP contribution in [0.2, 0.25) is 0 Å². The predicted molar refractivity (Wildman–Crippen MR) is 121 cm³/mol. The van der Waals surface area contributed by atoms with Crippen molar-refractivity contribution in [3.8, 4) is 16.3 Å².